The molecule has 9 heteroatoms. The monoisotopic (exact) mass is 549 g/mol. The van der Waals surface area contributed by atoms with Gasteiger partial charge in [0.15, 0.2) is 0 Å². The van der Waals surface area contributed by atoms with Gasteiger partial charge in [-0.15, -0.1) is 0 Å². The Hall–Kier alpha value is -3.82. The van der Waals surface area contributed by atoms with Crippen molar-refractivity contribution in [3.63, 3.8) is 0 Å². The van der Waals surface area contributed by atoms with Gasteiger partial charge in [0.05, 0.1) is 19.8 Å². The number of hydrogen-bond acceptors (Lipinski definition) is 6. The number of benzene rings is 2. The van der Waals surface area contributed by atoms with E-state index in [0.29, 0.717) is 17.0 Å². The SMILES string of the molecule is CC.COc1cc(-c2cc(C(=O)NCCO)n(C)c2)cc(C(C)NC(=O)c2cc(N3CCNCC3)ccc2C)c1. The number of aryl methyl sites for hydroxylation is 2. The summed E-state index contributed by atoms with van der Waals surface area (Å²) in [4.78, 5) is 28.1. The van der Waals surface area contributed by atoms with E-state index in [-0.39, 0.29) is 31.0 Å². The summed E-state index contributed by atoms with van der Waals surface area (Å²) in [6.07, 6.45) is 1.88. The van der Waals surface area contributed by atoms with E-state index in [9.17, 15) is 9.59 Å². The lowest BCUT2D eigenvalue weighted by Crippen LogP contribution is -2.43. The number of nitrogens with zero attached hydrogens (tertiary/aromatic N) is 2. The predicted octanol–water partition coefficient (Wildman–Crippen LogP) is 3.66. The highest BCUT2D eigenvalue weighted by Gasteiger charge is 2.19. The summed E-state index contributed by atoms with van der Waals surface area (Å²) in [5, 5.41) is 18.2. The first-order chi connectivity index (χ1) is 19.3. The minimum atomic E-state index is -0.283. The van der Waals surface area contributed by atoms with Gasteiger partial charge in [0.1, 0.15) is 11.4 Å². The molecule has 1 aromatic heterocycles. The Morgan fingerprint density at radius 1 is 1.05 bits per heavy atom. The summed E-state index contributed by atoms with van der Waals surface area (Å²) >= 11 is 0. The molecule has 3 aromatic rings. The third kappa shape index (κ3) is 7.43. The van der Waals surface area contributed by atoms with Crippen molar-refractivity contribution in [2.75, 3.05) is 51.3 Å². The number of piperazine rings is 1. The molecule has 9 nitrogen and oxygen atoms in total. The van der Waals surface area contributed by atoms with Gasteiger partial charge in [0, 0.05) is 62.8 Å². The number of amides is 2. The van der Waals surface area contributed by atoms with Crippen molar-refractivity contribution in [2.24, 2.45) is 7.05 Å². The number of ether oxygens (including phenoxy) is 1. The summed E-state index contributed by atoms with van der Waals surface area (Å²) in [5.41, 5.74) is 5.74. The molecule has 4 N–H and O–H groups in total. The van der Waals surface area contributed by atoms with E-state index in [0.717, 1.165) is 54.1 Å². The van der Waals surface area contributed by atoms with Crippen LogP contribution < -0.4 is 25.6 Å². The number of methoxy groups -OCH3 is 1. The molecule has 0 aliphatic carbocycles. The van der Waals surface area contributed by atoms with E-state index in [2.05, 4.69) is 26.9 Å². The molecule has 1 unspecified atom stereocenters. The number of aliphatic hydroxyl groups excluding tert-OH is 1. The van der Waals surface area contributed by atoms with Crippen LogP contribution in [-0.2, 0) is 7.05 Å². The van der Waals surface area contributed by atoms with Crippen molar-refractivity contribution in [1.29, 1.82) is 0 Å². The van der Waals surface area contributed by atoms with Crippen LogP contribution in [0, 0.1) is 6.92 Å². The van der Waals surface area contributed by atoms with E-state index in [1.807, 2.05) is 64.2 Å². The first-order valence-corrected chi connectivity index (χ1v) is 13.9. The van der Waals surface area contributed by atoms with Gasteiger partial charge in [0.2, 0.25) is 0 Å². The first kappa shape index (κ1) is 30.7. The van der Waals surface area contributed by atoms with Gasteiger partial charge in [-0.2, -0.15) is 0 Å². The number of carbonyl (C=O) groups excluding carboxylic acids is 2. The van der Waals surface area contributed by atoms with Crippen LogP contribution in [0.2, 0.25) is 0 Å². The van der Waals surface area contributed by atoms with Gasteiger partial charge >= 0.3 is 0 Å². The molecule has 0 radical (unpaired) electrons. The highest BCUT2D eigenvalue weighted by molar-refractivity contribution is 5.97. The second kappa shape index (κ2) is 14.5. The van der Waals surface area contributed by atoms with Crippen LogP contribution in [0.4, 0.5) is 5.69 Å². The fraction of sp³-hybridized carbons (Fsp3) is 0.419. The molecular weight excluding hydrogens is 506 g/mol. The number of rotatable bonds is 9. The third-order valence-corrected chi connectivity index (χ3v) is 6.93. The van der Waals surface area contributed by atoms with E-state index in [1.54, 1.807) is 24.8 Å². The normalized spacial score (nSPS) is 13.6. The van der Waals surface area contributed by atoms with Crippen molar-refractivity contribution < 1.29 is 19.4 Å². The van der Waals surface area contributed by atoms with E-state index in [1.165, 1.54) is 0 Å². The van der Waals surface area contributed by atoms with Crippen LogP contribution in [0.25, 0.3) is 11.1 Å². The lowest BCUT2D eigenvalue weighted by molar-refractivity contribution is 0.0930. The molecule has 216 valence electrons. The Morgan fingerprint density at radius 2 is 1.77 bits per heavy atom. The van der Waals surface area contributed by atoms with Crippen molar-refractivity contribution in [2.45, 2.75) is 33.7 Å². The number of anilines is 1. The maximum Gasteiger partial charge on any atom is 0.267 e. The maximum atomic E-state index is 13.4. The average Bonchev–Trinajstić information content (AvgIpc) is 3.38. The topological polar surface area (TPSA) is 108 Å². The summed E-state index contributed by atoms with van der Waals surface area (Å²) in [5.74, 6) is 0.277. The van der Waals surface area contributed by atoms with Crippen molar-refractivity contribution in [3.8, 4) is 16.9 Å². The zero-order valence-corrected chi connectivity index (χ0v) is 24.5. The van der Waals surface area contributed by atoms with Gasteiger partial charge in [0.25, 0.3) is 11.8 Å². The van der Waals surface area contributed by atoms with Gasteiger partial charge in [-0.25, -0.2) is 0 Å². The summed E-state index contributed by atoms with van der Waals surface area (Å²) in [6.45, 7) is 11.7. The third-order valence-electron chi connectivity index (χ3n) is 6.93. The van der Waals surface area contributed by atoms with E-state index < -0.39 is 0 Å². The highest BCUT2D eigenvalue weighted by Crippen LogP contribution is 2.30. The largest absolute Gasteiger partial charge is 0.497 e. The van der Waals surface area contributed by atoms with Crippen LogP contribution in [0.15, 0.2) is 48.7 Å². The Labute approximate surface area is 237 Å². The van der Waals surface area contributed by atoms with Crippen LogP contribution in [0.3, 0.4) is 0 Å². The average molecular weight is 550 g/mol. The van der Waals surface area contributed by atoms with Crippen LogP contribution >= 0.6 is 0 Å². The zero-order valence-electron chi connectivity index (χ0n) is 24.5. The first-order valence-electron chi connectivity index (χ1n) is 13.9. The minimum Gasteiger partial charge on any atom is -0.497 e. The lowest BCUT2D eigenvalue weighted by atomic mass is 10.00. The van der Waals surface area contributed by atoms with Gasteiger partial charge in [-0.05, 0) is 66.9 Å². The Balaban J connectivity index is 0.00000216. The number of carbonyl (C=O) groups is 2. The molecule has 2 amide bonds. The fourth-order valence-corrected chi connectivity index (χ4v) is 4.70. The lowest BCUT2D eigenvalue weighted by Gasteiger charge is -2.30. The molecule has 0 saturated carbocycles. The van der Waals surface area contributed by atoms with Crippen molar-refractivity contribution in [1.82, 2.24) is 20.5 Å². The van der Waals surface area contributed by atoms with Crippen LogP contribution in [0.5, 0.6) is 5.75 Å². The highest BCUT2D eigenvalue weighted by atomic mass is 16.5. The quantitative estimate of drug-likeness (QED) is 0.325. The molecule has 1 aliphatic rings. The molecular formula is C31H43N5O4. The number of nitrogens with one attached hydrogen (secondary N) is 3. The molecule has 0 bridgehead atoms. The molecule has 2 aromatic carbocycles. The smallest absolute Gasteiger partial charge is 0.267 e. The molecule has 0 spiro atoms. The number of aromatic nitrogens is 1. The molecule has 2 heterocycles. The van der Waals surface area contributed by atoms with Gasteiger partial charge in [-0.1, -0.05) is 19.9 Å². The zero-order chi connectivity index (χ0) is 29.2. The molecule has 1 fully saturated rings. The molecule has 1 saturated heterocycles. The Kier molecular flexibility index (Phi) is 11.2. The van der Waals surface area contributed by atoms with E-state index >= 15 is 0 Å². The summed E-state index contributed by atoms with van der Waals surface area (Å²) in [7, 11) is 3.41. The summed E-state index contributed by atoms with van der Waals surface area (Å²) < 4.78 is 7.31. The van der Waals surface area contributed by atoms with Crippen molar-refractivity contribution >= 4 is 17.5 Å². The maximum absolute atomic E-state index is 13.4. The Morgan fingerprint density at radius 3 is 2.45 bits per heavy atom. The molecule has 1 atom stereocenters. The van der Waals surface area contributed by atoms with Gasteiger partial charge < -0.3 is 35.3 Å². The molecule has 1 aliphatic heterocycles. The van der Waals surface area contributed by atoms with Gasteiger partial charge in [-0.3, -0.25) is 9.59 Å². The second-order valence-corrected chi connectivity index (χ2v) is 9.63. The number of aliphatic hydroxyl groups is 1. The molecule has 40 heavy (non-hydrogen) atoms. The van der Waals surface area contributed by atoms with Crippen LogP contribution in [0.1, 0.15) is 58.8 Å². The number of hydrogen-bond donors (Lipinski definition) is 4. The molecule has 4 rings (SSSR count). The second-order valence-electron chi connectivity index (χ2n) is 9.63. The summed E-state index contributed by atoms with van der Waals surface area (Å²) in [6, 6.07) is 13.4. The van der Waals surface area contributed by atoms with Crippen LogP contribution in [-0.4, -0.2) is 67.9 Å². The minimum absolute atomic E-state index is 0.120. The fourth-order valence-electron chi connectivity index (χ4n) is 4.70. The van der Waals surface area contributed by atoms with E-state index in [4.69, 9.17) is 9.84 Å². The van der Waals surface area contributed by atoms with Crippen molar-refractivity contribution in [3.05, 3.63) is 71.0 Å². The Bertz CT molecular complexity index is 1300. The standard InChI is InChI=1S/C29H37N5O4.C2H6/c1-19-5-6-24(34-10-7-30-8-11-34)17-26(19)28(36)32-20(2)21-13-22(15-25(14-21)38-4)23-16-27(33(3)18-23)29(37)31-9-12-35;1-2/h5-6,13-18,20,30,35H,7-12H2,1-4H3,(H,31,37)(H,32,36);1-2H3. The predicted molar refractivity (Wildman–Crippen MR) is 160 cm³/mol.